The first-order valence-electron chi connectivity index (χ1n) is 9.40. The molecule has 0 aliphatic carbocycles. The fourth-order valence-electron chi connectivity index (χ4n) is 3.98. The quantitative estimate of drug-likeness (QED) is 0.816. The number of hydrogen-bond acceptors (Lipinski definition) is 4. The maximum absolute atomic E-state index is 12.0. The topological polar surface area (TPSA) is 61.8 Å². The predicted molar refractivity (Wildman–Crippen MR) is 108 cm³/mol. The van der Waals surface area contributed by atoms with Crippen LogP contribution < -0.4 is 10.1 Å². The number of carboxylic acids is 1. The van der Waals surface area contributed by atoms with Gasteiger partial charge in [0.25, 0.3) is 0 Å². The van der Waals surface area contributed by atoms with Gasteiger partial charge in [0.2, 0.25) is 0 Å². The average molecular weight is 368 g/mol. The smallest absolute Gasteiger partial charge is 0.335 e. The first kappa shape index (κ1) is 19.4. The van der Waals surface area contributed by atoms with E-state index in [9.17, 15) is 9.90 Å². The van der Waals surface area contributed by atoms with Crippen molar-refractivity contribution in [3.05, 3.63) is 53.1 Å². The zero-order valence-corrected chi connectivity index (χ0v) is 16.3. The molecule has 1 fully saturated rings. The number of carboxylic acid groups (broad SMARTS) is 1. The lowest BCUT2D eigenvalue weighted by molar-refractivity contribution is 0.0694. The maximum Gasteiger partial charge on any atom is 0.335 e. The van der Waals surface area contributed by atoms with Gasteiger partial charge in [-0.2, -0.15) is 0 Å². The molecule has 144 valence electrons. The monoisotopic (exact) mass is 368 g/mol. The summed E-state index contributed by atoms with van der Waals surface area (Å²) in [6, 6.07) is 11.7. The highest BCUT2D eigenvalue weighted by Crippen LogP contribution is 2.38. The Hall–Kier alpha value is -2.37. The number of piperidine rings is 1. The number of methoxy groups -OCH3 is 1. The predicted octanol–water partition coefficient (Wildman–Crippen LogP) is 3.59. The molecule has 0 unspecified atom stereocenters. The van der Waals surface area contributed by atoms with E-state index in [0.717, 1.165) is 53.9 Å². The SMILES string of the molecule is COc1cccc(-c2ccc(C(=O)O)c(C3CCNCC3)c2CN(C)C)c1. The van der Waals surface area contributed by atoms with Crippen molar-refractivity contribution in [2.75, 3.05) is 34.3 Å². The highest BCUT2D eigenvalue weighted by molar-refractivity contribution is 5.91. The fraction of sp³-hybridized carbons (Fsp3) is 0.409. The molecule has 2 N–H and O–H groups in total. The molecule has 0 spiro atoms. The summed E-state index contributed by atoms with van der Waals surface area (Å²) in [5, 5.41) is 13.2. The largest absolute Gasteiger partial charge is 0.497 e. The number of benzene rings is 2. The number of carbonyl (C=O) groups is 1. The van der Waals surface area contributed by atoms with Gasteiger partial charge in [-0.1, -0.05) is 18.2 Å². The van der Waals surface area contributed by atoms with Gasteiger partial charge in [0, 0.05) is 6.54 Å². The molecule has 1 aliphatic heterocycles. The van der Waals surface area contributed by atoms with Crippen molar-refractivity contribution in [1.29, 1.82) is 0 Å². The second kappa shape index (κ2) is 8.55. The van der Waals surface area contributed by atoms with Gasteiger partial charge in [-0.15, -0.1) is 0 Å². The van der Waals surface area contributed by atoms with E-state index in [1.165, 1.54) is 0 Å². The highest BCUT2D eigenvalue weighted by atomic mass is 16.5. The first-order chi connectivity index (χ1) is 13.0. The van der Waals surface area contributed by atoms with Crippen LogP contribution in [-0.2, 0) is 6.54 Å². The average Bonchev–Trinajstić information content (AvgIpc) is 2.67. The van der Waals surface area contributed by atoms with Crippen LogP contribution in [0, 0.1) is 0 Å². The number of nitrogens with one attached hydrogen (secondary N) is 1. The van der Waals surface area contributed by atoms with E-state index in [0.29, 0.717) is 12.1 Å². The number of nitrogens with zero attached hydrogens (tertiary/aromatic N) is 1. The van der Waals surface area contributed by atoms with Crippen LogP contribution in [0.2, 0.25) is 0 Å². The molecule has 2 aromatic carbocycles. The molecule has 0 amide bonds. The third kappa shape index (κ3) is 4.31. The summed E-state index contributed by atoms with van der Waals surface area (Å²) < 4.78 is 5.39. The molecule has 5 nitrogen and oxygen atoms in total. The van der Waals surface area contributed by atoms with Gasteiger partial charge in [0.1, 0.15) is 5.75 Å². The van der Waals surface area contributed by atoms with Crippen molar-refractivity contribution >= 4 is 5.97 Å². The third-order valence-electron chi connectivity index (χ3n) is 5.19. The van der Waals surface area contributed by atoms with E-state index in [2.05, 4.69) is 16.3 Å². The minimum atomic E-state index is -0.847. The van der Waals surface area contributed by atoms with Gasteiger partial charge in [-0.05, 0) is 86.4 Å². The van der Waals surface area contributed by atoms with Gasteiger partial charge < -0.3 is 20.1 Å². The summed E-state index contributed by atoms with van der Waals surface area (Å²) in [6.45, 7) is 2.55. The Morgan fingerprint density at radius 1 is 1.22 bits per heavy atom. The summed E-state index contributed by atoms with van der Waals surface area (Å²) in [6.07, 6.45) is 1.92. The minimum Gasteiger partial charge on any atom is -0.497 e. The van der Waals surface area contributed by atoms with E-state index >= 15 is 0 Å². The Labute approximate surface area is 161 Å². The van der Waals surface area contributed by atoms with Crippen LogP contribution in [0.15, 0.2) is 36.4 Å². The summed E-state index contributed by atoms with van der Waals surface area (Å²) in [7, 11) is 5.71. The molecule has 0 saturated carbocycles. The molecule has 2 aromatic rings. The van der Waals surface area contributed by atoms with Crippen molar-refractivity contribution in [2.24, 2.45) is 0 Å². The number of hydrogen-bond donors (Lipinski definition) is 2. The van der Waals surface area contributed by atoms with Crippen molar-refractivity contribution in [2.45, 2.75) is 25.3 Å². The van der Waals surface area contributed by atoms with E-state index in [4.69, 9.17) is 4.74 Å². The van der Waals surface area contributed by atoms with E-state index in [1.807, 2.05) is 38.4 Å². The summed E-state index contributed by atoms with van der Waals surface area (Å²) >= 11 is 0. The Balaban J connectivity index is 2.22. The number of aromatic carboxylic acids is 1. The summed E-state index contributed by atoms with van der Waals surface area (Å²) in [5.41, 5.74) is 4.68. The molecule has 3 rings (SSSR count). The fourth-order valence-corrected chi connectivity index (χ4v) is 3.98. The zero-order valence-electron chi connectivity index (χ0n) is 16.3. The second-order valence-electron chi connectivity index (χ2n) is 7.35. The van der Waals surface area contributed by atoms with Gasteiger partial charge in [0.05, 0.1) is 12.7 Å². The molecule has 1 saturated heterocycles. The number of rotatable bonds is 6. The lowest BCUT2D eigenvalue weighted by Crippen LogP contribution is -2.29. The molecule has 0 radical (unpaired) electrons. The van der Waals surface area contributed by atoms with Crippen LogP contribution in [-0.4, -0.2) is 50.3 Å². The maximum atomic E-state index is 12.0. The Bertz CT molecular complexity index is 811. The van der Waals surface area contributed by atoms with Crippen molar-refractivity contribution < 1.29 is 14.6 Å². The highest BCUT2D eigenvalue weighted by Gasteiger charge is 2.26. The zero-order chi connectivity index (χ0) is 19.4. The molecule has 0 atom stereocenters. The van der Waals surface area contributed by atoms with E-state index in [1.54, 1.807) is 13.2 Å². The van der Waals surface area contributed by atoms with E-state index < -0.39 is 5.97 Å². The van der Waals surface area contributed by atoms with Gasteiger partial charge in [-0.3, -0.25) is 0 Å². The normalized spacial score (nSPS) is 15.1. The van der Waals surface area contributed by atoms with Crippen molar-refractivity contribution in [3.63, 3.8) is 0 Å². The Morgan fingerprint density at radius 2 is 1.96 bits per heavy atom. The molecular formula is C22H28N2O3. The Kier molecular flexibility index (Phi) is 6.14. The number of ether oxygens (including phenoxy) is 1. The van der Waals surface area contributed by atoms with Gasteiger partial charge in [0.15, 0.2) is 0 Å². The molecule has 0 aromatic heterocycles. The summed E-state index contributed by atoms with van der Waals surface area (Å²) in [5.74, 6) is 0.215. The molecular weight excluding hydrogens is 340 g/mol. The van der Waals surface area contributed by atoms with Crippen LogP contribution in [0.1, 0.15) is 40.2 Å². The minimum absolute atomic E-state index is 0.262. The van der Waals surface area contributed by atoms with Crippen molar-refractivity contribution in [3.8, 4) is 16.9 Å². The standard InChI is InChI=1S/C22H28N2O3/c1-24(2)14-20-18(16-5-4-6-17(13-16)27-3)7-8-19(22(25)26)21(20)15-9-11-23-12-10-15/h4-8,13,15,23H,9-12,14H2,1-3H3,(H,25,26). The van der Waals surface area contributed by atoms with Crippen LogP contribution in [0.25, 0.3) is 11.1 Å². The van der Waals surface area contributed by atoms with Crippen LogP contribution >= 0.6 is 0 Å². The molecule has 27 heavy (non-hydrogen) atoms. The molecule has 1 aliphatic rings. The molecule has 5 heteroatoms. The molecule has 0 bridgehead atoms. The van der Waals surface area contributed by atoms with Crippen LogP contribution in [0.5, 0.6) is 5.75 Å². The second-order valence-corrected chi connectivity index (χ2v) is 7.35. The lowest BCUT2D eigenvalue weighted by Gasteiger charge is -2.29. The van der Waals surface area contributed by atoms with Crippen molar-refractivity contribution in [1.82, 2.24) is 10.2 Å². The van der Waals surface area contributed by atoms with Gasteiger partial charge >= 0.3 is 5.97 Å². The Morgan fingerprint density at radius 3 is 2.59 bits per heavy atom. The summed E-state index contributed by atoms with van der Waals surface area (Å²) in [4.78, 5) is 14.1. The lowest BCUT2D eigenvalue weighted by atomic mass is 9.81. The first-order valence-corrected chi connectivity index (χ1v) is 9.40. The van der Waals surface area contributed by atoms with Crippen LogP contribution in [0.3, 0.4) is 0 Å². The third-order valence-corrected chi connectivity index (χ3v) is 5.19. The van der Waals surface area contributed by atoms with E-state index in [-0.39, 0.29) is 5.92 Å². The van der Waals surface area contributed by atoms with Gasteiger partial charge in [-0.25, -0.2) is 4.79 Å². The van der Waals surface area contributed by atoms with Crippen LogP contribution in [0.4, 0.5) is 0 Å². The molecule has 1 heterocycles.